The molecule has 2 aliphatic rings. The van der Waals surface area contributed by atoms with Crippen molar-refractivity contribution < 1.29 is 17.1 Å². The fraction of sp³-hybridized carbons (Fsp3) is 0.500. The van der Waals surface area contributed by atoms with Gasteiger partial charge in [0.15, 0.2) is 0 Å². The van der Waals surface area contributed by atoms with Crippen molar-refractivity contribution in [2.75, 3.05) is 0 Å². The van der Waals surface area contributed by atoms with Crippen LogP contribution in [0.25, 0.3) is 0 Å². The average Bonchev–Trinajstić information content (AvgIpc) is 2.24. The molecule has 17 heavy (non-hydrogen) atoms. The molecule has 0 aliphatic heterocycles. The third-order valence-electron chi connectivity index (χ3n) is 3.00. The average molecular weight is 317 g/mol. The summed E-state index contributed by atoms with van der Waals surface area (Å²) in [6.07, 6.45) is 24.5. The van der Waals surface area contributed by atoms with E-state index >= 15 is 0 Å². The Morgan fingerprint density at radius 2 is 1.06 bits per heavy atom. The number of rotatable bonds is 2. The van der Waals surface area contributed by atoms with E-state index in [-0.39, 0.29) is 0 Å². The molecule has 0 spiro atoms. The molecule has 0 N–H and O–H groups in total. The van der Waals surface area contributed by atoms with Crippen LogP contribution in [0.3, 0.4) is 0 Å². The van der Waals surface area contributed by atoms with Crippen LogP contribution in [0.5, 0.6) is 0 Å². The molecule has 1 heteroatoms. The first-order valence-corrected chi connectivity index (χ1v) is 8.37. The van der Waals surface area contributed by atoms with Gasteiger partial charge in [0.05, 0.1) is 0 Å². The molecule has 0 atom stereocenters. The molecular weight excluding hydrogens is 295 g/mol. The Labute approximate surface area is 113 Å². The van der Waals surface area contributed by atoms with Crippen molar-refractivity contribution >= 4 is 0 Å². The molecule has 2 aliphatic carbocycles. The summed E-state index contributed by atoms with van der Waals surface area (Å²) in [7, 11) is 0. The van der Waals surface area contributed by atoms with Crippen LogP contribution in [0.15, 0.2) is 44.8 Å². The van der Waals surface area contributed by atoms with Gasteiger partial charge in [-0.3, -0.25) is 0 Å². The first kappa shape index (κ1) is 13.0. The summed E-state index contributed by atoms with van der Waals surface area (Å²) in [6, 6.07) is 0. The molecule has 95 valence electrons. The van der Waals surface area contributed by atoms with Crippen LogP contribution in [0.1, 0.15) is 51.4 Å². The van der Waals surface area contributed by atoms with Gasteiger partial charge in [-0.05, 0) is 0 Å². The molecule has 0 radical (unpaired) electrons. The van der Waals surface area contributed by atoms with E-state index in [0.29, 0.717) is 17.1 Å². The molecule has 2 rings (SSSR count). The van der Waals surface area contributed by atoms with Crippen molar-refractivity contribution in [3.05, 3.63) is 44.8 Å². The van der Waals surface area contributed by atoms with Gasteiger partial charge in [0.1, 0.15) is 0 Å². The fourth-order valence-electron chi connectivity index (χ4n) is 2.05. The molecule has 0 saturated carbocycles. The van der Waals surface area contributed by atoms with Crippen LogP contribution in [0, 0.1) is 0 Å². The van der Waals surface area contributed by atoms with Crippen LogP contribution in [-0.4, -0.2) is 0 Å². The molecule has 0 aromatic carbocycles. The quantitative estimate of drug-likeness (QED) is 0.491. The molecule has 0 heterocycles. The van der Waals surface area contributed by atoms with Gasteiger partial charge in [-0.1, -0.05) is 0 Å². The molecule has 0 bridgehead atoms. The van der Waals surface area contributed by atoms with E-state index in [9.17, 15) is 0 Å². The first-order valence-electron chi connectivity index (χ1n) is 6.73. The van der Waals surface area contributed by atoms with Crippen molar-refractivity contribution in [1.29, 1.82) is 0 Å². The van der Waals surface area contributed by atoms with E-state index in [4.69, 9.17) is 0 Å². The summed E-state index contributed by atoms with van der Waals surface area (Å²) in [5.74, 6) is 0. The normalized spacial score (nSPS) is 22.1. The second-order valence-corrected chi connectivity index (χ2v) is 7.02. The molecule has 0 nitrogen and oxygen atoms in total. The van der Waals surface area contributed by atoms with Gasteiger partial charge in [0.25, 0.3) is 0 Å². The maximum absolute atomic E-state index is 2.52. The van der Waals surface area contributed by atoms with E-state index in [1.54, 1.807) is 8.33 Å². The van der Waals surface area contributed by atoms with Crippen LogP contribution in [0.4, 0.5) is 0 Å². The zero-order chi connectivity index (χ0) is 11.8. The van der Waals surface area contributed by atoms with Crippen LogP contribution >= 0.6 is 0 Å². The van der Waals surface area contributed by atoms with Crippen LogP contribution in [0.2, 0.25) is 0 Å². The first-order chi connectivity index (χ1) is 8.45. The molecular formula is C16H22Rh. The molecule has 0 aromatic rings. The Bertz CT molecular complexity index is 311. The molecule has 0 aromatic heterocycles. The van der Waals surface area contributed by atoms with Gasteiger partial charge in [0, 0.05) is 0 Å². The third kappa shape index (κ3) is 5.17. The fourth-order valence-corrected chi connectivity index (χ4v) is 4.42. The van der Waals surface area contributed by atoms with Crippen molar-refractivity contribution in [1.82, 2.24) is 0 Å². The minimum atomic E-state index is 0.563. The summed E-state index contributed by atoms with van der Waals surface area (Å²) in [5, 5.41) is 0. The third-order valence-corrected chi connectivity index (χ3v) is 5.55. The van der Waals surface area contributed by atoms with E-state index in [1.807, 2.05) is 0 Å². The Morgan fingerprint density at radius 3 is 1.59 bits per heavy atom. The summed E-state index contributed by atoms with van der Waals surface area (Å²) in [6.45, 7) is 0. The van der Waals surface area contributed by atoms with Gasteiger partial charge < -0.3 is 0 Å². The molecule has 0 unspecified atom stereocenters. The van der Waals surface area contributed by atoms with Crippen molar-refractivity contribution in [3.8, 4) is 0 Å². The predicted octanol–water partition coefficient (Wildman–Crippen LogP) is 5.10. The minimum absolute atomic E-state index is 0.563. The second-order valence-electron chi connectivity index (χ2n) is 4.50. The topological polar surface area (TPSA) is 0 Å². The van der Waals surface area contributed by atoms with E-state index < -0.39 is 0 Å². The Kier molecular flexibility index (Phi) is 5.99. The van der Waals surface area contributed by atoms with Gasteiger partial charge in [-0.15, -0.1) is 0 Å². The van der Waals surface area contributed by atoms with E-state index in [2.05, 4.69) is 36.5 Å². The van der Waals surface area contributed by atoms with Crippen molar-refractivity contribution in [2.45, 2.75) is 51.4 Å². The maximum atomic E-state index is 2.52. The molecule has 0 saturated heterocycles. The van der Waals surface area contributed by atoms with Gasteiger partial charge in [-0.2, -0.15) is 0 Å². The number of hydrogen-bond acceptors (Lipinski definition) is 0. The second kappa shape index (κ2) is 7.82. The zero-order valence-electron chi connectivity index (χ0n) is 10.5. The standard InChI is InChI=1S/2C8H11.Rh/c2*1-2-4-6-8-7-5-3-1;/h2*1-2,7H,3-6H2;. The molecule has 0 fully saturated rings. The van der Waals surface area contributed by atoms with Gasteiger partial charge >= 0.3 is 113 Å². The molecule has 0 amide bonds. The van der Waals surface area contributed by atoms with Crippen LogP contribution in [-0.2, 0) is 17.1 Å². The summed E-state index contributed by atoms with van der Waals surface area (Å²) >= 11 is 0.563. The summed E-state index contributed by atoms with van der Waals surface area (Å²) in [4.78, 5) is 0. The summed E-state index contributed by atoms with van der Waals surface area (Å²) in [5.41, 5.74) is 0. The van der Waals surface area contributed by atoms with E-state index in [1.165, 1.54) is 51.4 Å². The summed E-state index contributed by atoms with van der Waals surface area (Å²) < 4.78 is 3.48. The zero-order valence-corrected chi connectivity index (χ0v) is 12.1. The monoisotopic (exact) mass is 317 g/mol. The van der Waals surface area contributed by atoms with E-state index in [0.717, 1.165) is 0 Å². The number of hydrogen-bond donors (Lipinski definition) is 0. The van der Waals surface area contributed by atoms with Crippen molar-refractivity contribution in [2.24, 2.45) is 0 Å². The number of allylic oxidation sites excluding steroid dienone is 8. The van der Waals surface area contributed by atoms with Crippen LogP contribution < -0.4 is 0 Å². The Balaban J connectivity index is 1.89. The Morgan fingerprint density at radius 1 is 0.588 bits per heavy atom. The van der Waals surface area contributed by atoms with Gasteiger partial charge in [0.2, 0.25) is 0 Å². The Hall–Kier alpha value is -0.417. The predicted molar refractivity (Wildman–Crippen MR) is 71.4 cm³/mol. The van der Waals surface area contributed by atoms with Gasteiger partial charge in [-0.25, -0.2) is 0 Å². The van der Waals surface area contributed by atoms with Crippen molar-refractivity contribution in [3.63, 3.8) is 0 Å². The SMILES string of the molecule is C1=CCC[C]([Rh][C]2=CCCC=CCC2)=CCC1.